The minimum atomic E-state index is 0.181. The highest BCUT2D eigenvalue weighted by Gasteiger charge is 2.09. The van der Waals surface area contributed by atoms with Crippen LogP contribution in [0.2, 0.25) is 5.02 Å². The molecule has 2 aromatic rings. The largest absolute Gasteiger partial charge is 0.307 e. The molecule has 1 atom stereocenters. The molecule has 1 aromatic carbocycles. The molecule has 1 N–H and O–H groups in total. The topological polar surface area (TPSA) is 42.7 Å². The Balaban J connectivity index is 2.22. The quantitative estimate of drug-likeness (QED) is 0.843. The second kappa shape index (κ2) is 5.80. The van der Waals surface area contributed by atoms with Gasteiger partial charge in [-0.2, -0.15) is 5.10 Å². The summed E-state index contributed by atoms with van der Waals surface area (Å²) in [6.45, 7) is 6.50. The second-order valence-corrected chi connectivity index (χ2v) is 4.37. The number of rotatable bonds is 5. The maximum absolute atomic E-state index is 6.29. The van der Waals surface area contributed by atoms with Crippen LogP contribution in [-0.2, 0) is 0 Å². The van der Waals surface area contributed by atoms with Crippen molar-refractivity contribution in [2.24, 2.45) is 0 Å². The molecule has 5 heteroatoms. The standard InChI is InChI=1S/C13H15ClN4/c1-3-6-16-10(2)12-5-4-11(7-13(12)14)18-9-15-8-17-18/h3-5,7-10,16H,1,6H2,2H3. The molecule has 4 nitrogen and oxygen atoms in total. The van der Waals surface area contributed by atoms with Gasteiger partial charge in [0.1, 0.15) is 12.7 Å². The summed E-state index contributed by atoms with van der Waals surface area (Å²) in [5.74, 6) is 0. The fraction of sp³-hybridized carbons (Fsp3) is 0.231. The van der Waals surface area contributed by atoms with Crippen LogP contribution >= 0.6 is 11.6 Å². The Labute approximate surface area is 111 Å². The zero-order valence-corrected chi connectivity index (χ0v) is 10.9. The van der Waals surface area contributed by atoms with E-state index in [-0.39, 0.29) is 6.04 Å². The summed E-state index contributed by atoms with van der Waals surface area (Å²) in [6, 6.07) is 6.04. The molecule has 94 valence electrons. The summed E-state index contributed by atoms with van der Waals surface area (Å²) in [4.78, 5) is 3.91. The van der Waals surface area contributed by atoms with Gasteiger partial charge in [0.15, 0.2) is 0 Å². The third-order valence-electron chi connectivity index (χ3n) is 2.70. The van der Waals surface area contributed by atoms with Crippen LogP contribution in [0, 0.1) is 0 Å². The molecular weight excluding hydrogens is 248 g/mol. The van der Waals surface area contributed by atoms with Gasteiger partial charge < -0.3 is 5.32 Å². The van der Waals surface area contributed by atoms with Gasteiger partial charge in [-0.1, -0.05) is 23.7 Å². The summed E-state index contributed by atoms with van der Waals surface area (Å²) in [5, 5.41) is 8.09. The van der Waals surface area contributed by atoms with E-state index in [4.69, 9.17) is 11.6 Å². The predicted octanol–water partition coefficient (Wildman–Crippen LogP) is 2.76. The van der Waals surface area contributed by atoms with Gasteiger partial charge in [-0.25, -0.2) is 9.67 Å². The summed E-state index contributed by atoms with van der Waals surface area (Å²) in [6.07, 6.45) is 4.97. The SMILES string of the molecule is C=CCNC(C)c1ccc(-n2cncn2)cc1Cl. The van der Waals surface area contributed by atoms with E-state index in [1.807, 2.05) is 24.3 Å². The Morgan fingerprint density at radius 2 is 2.39 bits per heavy atom. The average Bonchev–Trinajstić information content (AvgIpc) is 2.89. The first kappa shape index (κ1) is 12.8. The molecule has 0 saturated heterocycles. The third-order valence-corrected chi connectivity index (χ3v) is 3.03. The van der Waals surface area contributed by atoms with Crippen molar-refractivity contribution < 1.29 is 0 Å². The number of aromatic nitrogens is 3. The van der Waals surface area contributed by atoms with Crippen LogP contribution in [0.4, 0.5) is 0 Å². The lowest BCUT2D eigenvalue weighted by atomic mass is 10.1. The second-order valence-electron chi connectivity index (χ2n) is 3.96. The molecule has 0 aliphatic carbocycles. The molecule has 0 aliphatic rings. The maximum atomic E-state index is 6.29. The highest BCUT2D eigenvalue weighted by molar-refractivity contribution is 6.31. The van der Waals surface area contributed by atoms with E-state index < -0.39 is 0 Å². The predicted molar refractivity (Wildman–Crippen MR) is 73.0 cm³/mol. The lowest BCUT2D eigenvalue weighted by Crippen LogP contribution is -2.18. The molecule has 2 rings (SSSR count). The van der Waals surface area contributed by atoms with Gasteiger partial charge in [-0.3, -0.25) is 0 Å². The Kier molecular flexibility index (Phi) is 4.12. The van der Waals surface area contributed by atoms with Crippen LogP contribution in [0.3, 0.4) is 0 Å². The first-order chi connectivity index (χ1) is 8.72. The molecule has 0 spiro atoms. The van der Waals surface area contributed by atoms with Crippen LogP contribution < -0.4 is 5.32 Å². The summed E-state index contributed by atoms with van der Waals surface area (Å²) in [5.41, 5.74) is 1.96. The third kappa shape index (κ3) is 2.78. The first-order valence-corrected chi connectivity index (χ1v) is 6.09. The monoisotopic (exact) mass is 262 g/mol. The fourth-order valence-electron chi connectivity index (χ4n) is 1.72. The van der Waals surface area contributed by atoms with E-state index in [1.165, 1.54) is 6.33 Å². The van der Waals surface area contributed by atoms with Crippen molar-refractivity contribution in [3.8, 4) is 5.69 Å². The van der Waals surface area contributed by atoms with E-state index in [9.17, 15) is 0 Å². The minimum absolute atomic E-state index is 0.181. The number of nitrogens with one attached hydrogen (secondary N) is 1. The molecule has 0 radical (unpaired) electrons. The smallest absolute Gasteiger partial charge is 0.138 e. The van der Waals surface area contributed by atoms with Crippen LogP contribution in [0.1, 0.15) is 18.5 Å². The summed E-state index contributed by atoms with van der Waals surface area (Å²) >= 11 is 6.29. The molecule has 0 bridgehead atoms. The minimum Gasteiger partial charge on any atom is -0.307 e. The Morgan fingerprint density at radius 3 is 3.00 bits per heavy atom. The molecule has 1 heterocycles. The Bertz CT molecular complexity index is 522. The van der Waals surface area contributed by atoms with Crippen molar-refractivity contribution in [3.05, 3.63) is 54.1 Å². The molecule has 18 heavy (non-hydrogen) atoms. The van der Waals surface area contributed by atoms with E-state index in [1.54, 1.807) is 11.0 Å². The highest BCUT2D eigenvalue weighted by Crippen LogP contribution is 2.25. The van der Waals surface area contributed by atoms with Gasteiger partial charge in [0, 0.05) is 17.6 Å². The van der Waals surface area contributed by atoms with E-state index in [2.05, 4.69) is 28.9 Å². The molecular formula is C13H15ClN4. The lowest BCUT2D eigenvalue weighted by molar-refractivity contribution is 0.617. The van der Waals surface area contributed by atoms with Gasteiger partial charge in [-0.05, 0) is 24.6 Å². The number of halogens is 1. The Hall–Kier alpha value is -1.65. The van der Waals surface area contributed by atoms with Crippen molar-refractivity contribution in [1.29, 1.82) is 0 Å². The molecule has 0 aliphatic heterocycles. The van der Waals surface area contributed by atoms with Gasteiger partial charge in [0.2, 0.25) is 0 Å². The van der Waals surface area contributed by atoms with E-state index in [0.29, 0.717) is 5.02 Å². The van der Waals surface area contributed by atoms with Gasteiger partial charge >= 0.3 is 0 Å². The van der Waals surface area contributed by atoms with Crippen molar-refractivity contribution in [2.45, 2.75) is 13.0 Å². The van der Waals surface area contributed by atoms with Crippen LogP contribution in [0.25, 0.3) is 5.69 Å². The van der Waals surface area contributed by atoms with Crippen molar-refractivity contribution in [3.63, 3.8) is 0 Å². The number of benzene rings is 1. The summed E-state index contributed by atoms with van der Waals surface area (Å²) < 4.78 is 1.68. The van der Waals surface area contributed by atoms with E-state index in [0.717, 1.165) is 17.8 Å². The molecule has 0 saturated carbocycles. The fourth-order valence-corrected chi connectivity index (χ4v) is 2.06. The first-order valence-electron chi connectivity index (χ1n) is 5.71. The van der Waals surface area contributed by atoms with Gasteiger partial charge in [0.05, 0.1) is 5.69 Å². The molecule has 1 aromatic heterocycles. The number of hydrogen-bond donors (Lipinski definition) is 1. The van der Waals surface area contributed by atoms with Crippen LogP contribution in [-0.4, -0.2) is 21.3 Å². The normalized spacial score (nSPS) is 12.3. The average molecular weight is 263 g/mol. The maximum Gasteiger partial charge on any atom is 0.138 e. The Morgan fingerprint density at radius 1 is 1.56 bits per heavy atom. The summed E-state index contributed by atoms with van der Waals surface area (Å²) in [7, 11) is 0. The van der Waals surface area contributed by atoms with Crippen LogP contribution in [0.5, 0.6) is 0 Å². The molecule has 0 amide bonds. The number of hydrogen-bond acceptors (Lipinski definition) is 3. The van der Waals surface area contributed by atoms with Crippen molar-refractivity contribution in [2.75, 3.05) is 6.54 Å². The highest BCUT2D eigenvalue weighted by atomic mass is 35.5. The molecule has 0 fully saturated rings. The zero-order chi connectivity index (χ0) is 13.0. The van der Waals surface area contributed by atoms with Crippen molar-refractivity contribution >= 4 is 11.6 Å². The molecule has 1 unspecified atom stereocenters. The van der Waals surface area contributed by atoms with E-state index >= 15 is 0 Å². The van der Waals surface area contributed by atoms with Crippen molar-refractivity contribution in [1.82, 2.24) is 20.1 Å². The van der Waals surface area contributed by atoms with Gasteiger partial charge in [-0.15, -0.1) is 6.58 Å². The lowest BCUT2D eigenvalue weighted by Gasteiger charge is -2.15. The van der Waals surface area contributed by atoms with Gasteiger partial charge in [0.25, 0.3) is 0 Å². The number of nitrogens with zero attached hydrogens (tertiary/aromatic N) is 3. The zero-order valence-electron chi connectivity index (χ0n) is 10.2. The van der Waals surface area contributed by atoms with Crippen LogP contribution in [0.15, 0.2) is 43.5 Å².